The predicted molar refractivity (Wildman–Crippen MR) is 138 cm³/mol. The fourth-order valence-electron chi connectivity index (χ4n) is 4.75. The van der Waals surface area contributed by atoms with E-state index < -0.39 is 22.3 Å². The molecule has 0 saturated carbocycles. The number of amides is 2. The Labute approximate surface area is 217 Å². The number of fused-ring (bicyclic) bond motifs is 1. The Bertz CT molecular complexity index is 1520. The summed E-state index contributed by atoms with van der Waals surface area (Å²) < 4.78 is 24.8. The van der Waals surface area contributed by atoms with Crippen LogP contribution in [0.25, 0.3) is 11.0 Å². The summed E-state index contributed by atoms with van der Waals surface area (Å²) in [6.07, 6.45) is 1.53. The van der Waals surface area contributed by atoms with Gasteiger partial charge in [0.1, 0.15) is 16.9 Å². The van der Waals surface area contributed by atoms with Crippen LogP contribution in [0.4, 0.5) is 15.8 Å². The molecule has 4 aromatic rings. The largest absolute Gasteiger partial charge is 0.497 e. The number of carbonyl (C=O) groups is 2. The van der Waals surface area contributed by atoms with Crippen LogP contribution in [0.2, 0.25) is 0 Å². The number of nitro benzene ring substituents is 1. The lowest BCUT2D eigenvalue weighted by atomic mass is 9.89. The maximum absolute atomic E-state index is 13.9. The van der Waals surface area contributed by atoms with Gasteiger partial charge >= 0.3 is 5.69 Å². The smallest absolute Gasteiger partial charge is 0.317 e. The number of anilines is 1. The minimum absolute atomic E-state index is 0.150. The number of rotatable bonds is 6. The Kier molecular flexibility index (Phi) is 6.78. The molecule has 5 rings (SSSR count). The Morgan fingerprint density at radius 1 is 1.08 bits per heavy atom. The van der Waals surface area contributed by atoms with Gasteiger partial charge in [-0.25, -0.2) is 0 Å². The number of nitrogens with one attached hydrogen (secondary N) is 1. The lowest BCUT2D eigenvalue weighted by Gasteiger charge is -2.31. The van der Waals surface area contributed by atoms with Crippen molar-refractivity contribution < 1.29 is 28.1 Å². The van der Waals surface area contributed by atoms with Gasteiger partial charge in [0.2, 0.25) is 5.82 Å². The highest BCUT2D eigenvalue weighted by molar-refractivity contribution is 6.07. The van der Waals surface area contributed by atoms with E-state index >= 15 is 0 Å². The first-order valence-corrected chi connectivity index (χ1v) is 12.0. The van der Waals surface area contributed by atoms with Crippen LogP contribution in [0.1, 0.15) is 45.2 Å². The molecule has 1 saturated heterocycles. The van der Waals surface area contributed by atoms with Crippen molar-refractivity contribution in [1.82, 2.24) is 4.90 Å². The van der Waals surface area contributed by atoms with Crippen molar-refractivity contribution in [2.45, 2.75) is 18.8 Å². The number of hydrogen-bond donors (Lipinski definition) is 1. The lowest BCUT2D eigenvalue weighted by Crippen LogP contribution is -2.37. The Morgan fingerprint density at radius 3 is 2.50 bits per heavy atom. The number of para-hydroxylation sites is 1. The van der Waals surface area contributed by atoms with E-state index in [1.807, 2.05) is 18.2 Å². The van der Waals surface area contributed by atoms with Gasteiger partial charge < -0.3 is 19.4 Å². The number of likely N-dealkylation sites (tertiary alicyclic amines) is 1. The molecule has 1 fully saturated rings. The number of carbonyl (C=O) groups excluding carboxylic acids is 2. The summed E-state index contributed by atoms with van der Waals surface area (Å²) in [5.41, 5.74) is 0.919. The Morgan fingerprint density at radius 2 is 1.82 bits per heavy atom. The van der Waals surface area contributed by atoms with Crippen molar-refractivity contribution in [3.05, 3.63) is 99.5 Å². The van der Waals surface area contributed by atoms with Gasteiger partial charge in [-0.1, -0.05) is 18.2 Å². The molecule has 3 aromatic carbocycles. The van der Waals surface area contributed by atoms with E-state index in [1.165, 1.54) is 12.1 Å². The molecule has 0 spiro atoms. The van der Waals surface area contributed by atoms with E-state index in [0.717, 1.165) is 29.9 Å². The van der Waals surface area contributed by atoms with E-state index in [0.29, 0.717) is 35.9 Å². The Hall–Kier alpha value is -4.73. The number of nitrogens with zero attached hydrogens (tertiary/aromatic N) is 2. The van der Waals surface area contributed by atoms with Gasteiger partial charge in [0, 0.05) is 24.2 Å². The molecule has 1 aromatic heterocycles. The Balaban J connectivity index is 1.20. The van der Waals surface area contributed by atoms with Gasteiger partial charge in [-0.2, -0.15) is 4.39 Å². The average Bonchev–Trinajstić information content (AvgIpc) is 3.36. The van der Waals surface area contributed by atoms with Crippen LogP contribution in [0.3, 0.4) is 0 Å². The van der Waals surface area contributed by atoms with Gasteiger partial charge in [-0.05, 0) is 72.9 Å². The quantitative estimate of drug-likeness (QED) is 0.257. The van der Waals surface area contributed by atoms with Crippen LogP contribution in [-0.2, 0) is 0 Å². The minimum atomic E-state index is -1.07. The SMILES string of the molecule is COc1ccc2oc(C(=O)N3CCC(c4ccc(NC(=O)c5cccc(F)c5[N+](=O)[O-])cc4)CC3)cc2c1. The van der Waals surface area contributed by atoms with Crippen LogP contribution in [0, 0.1) is 15.9 Å². The number of furan rings is 1. The zero-order valence-electron chi connectivity index (χ0n) is 20.5. The molecular weight excluding hydrogens is 493 g/mol. The molecule has 2 heterocycles. The molecule has 2 amide bonds. The fourth-order valence-corrected chi connectivity index (χ4v) is 4.75. The zero-order valence-corrected chi connectivity index (χ0v) is 20.5. The maximum Gasteiger partial charge on any atom is 0.317 e. The van der Waals surface area contributed by atoms with E-state index in [1.54, 1.807) is 42.3 Å². The van der Waals surface area contributed by atoms with Crippen LogP contribution < -0.4 is 10.1 Å². The number of methoxy groups -OCH3 is 1. The van der Waals surface area contributed by atoms with Crippen molar-refractivity contribution in [2.75, 3.05) is 25.5 Å². The fraction of sp³-hybridized carbons (Fsp3) is 0.214. The van der Waals surface area contributed by atoms with Gasteiger partial charge in [0.05, 0.1) is 12.0 Å². The second-order valence-corrected chi connectivity index (χ2v) is 9.05. The van der Waals surface area contributed by atoms with Crippen molar-refractivity contribution in [3.63, 3.8) is 0 Å². The lowest BCUT2D eigenvalue weighted by molar-refractivity contribution is -0.387. The van der Waals surface area contributed by atoms with E-state index in [4.69, 9.17) is 9.15 Å². The molecule has 1 aliphatic rings. The highest BCUT2D eigenvalue weighted by atomic mass is 19.1. The summed E-state index contributed by atoms with van der Waals surface area (Å²) >= 11 is 0. The third-order valence-electron chi connectivity index (χ3n) is 6.77. The molecule has 38 heavy (non-hydrogen) atoms. The second-order valence-electron chi connectivity index (χ2n) is 9.05. The minimum Gasteiger partial charge on any atom is -0.497 e. The van der Waals surface area contributed by atoms with Gasteiger partial charge in [0.15, 0.2) is 5.76 Å². The van der Waals surface area contributed by atoms with E-state index in [2.05, 4.69) is 5.32 Å². The highest BCUT2D eigenvalue weighted by Crippen LogP contribution is 2.31. The van der Waals surface area contributed by atoms with Crippen molar-refractivity contribution >= 4 is 34.2 Å². The summed E-state index contributed by atoms with van der Waals surface area (Å²) in [5, 5.41) is 14.6. The second kappa shape index (κ2) is 10.3. The van der Waals surface area contributed by atoms with Crippen molar-refractivity contribution in [2.24, 2.45) is 0 Å². The first-order valence-electron chi connectivity index (χ1n) is 12.0. The van der Waals surface area contributed by atoms with Crippen LogP contribution in [0.5, 0.6) is 5.75 Å². The normalized spacial score (nSPS) is 13.9. The van der Waals surface area contributed by atoms with Crippen molar-refractivity contribution in [3.8, 4) is 5.75 Å². The third kappa shape index (κ3) is 4.93. The molecule has 10 heteroatoms. The average molecular weight is 518 g/mol. The standard InChI is InChI=1S/C28H24FN3O6/c1-37-21-9-10-24-19(15-21)16-25(38-24)28(34)31-13-11-18(12-14-31)17-5-7-20(8-6-17)30-27(33)22-3-2-4-23(29)26(22)32(35)36/h2-10,15-16,18H,11-14H2,1H3,(H,30,33). The number of piperidine rings is 1. The first-order chi connectivity index (χ1) is 18.3. The zero-order chi connectivity index (χ0) is 26.8. The molecule has 9 nitrogen and oxygen atoms in total. The summed E-state index contributed by atoms with van der Waals surface area (Å²) in [7, 11) is 1.59. The number of ether oxygens (including phenoxy) is 1. The summed E-state index contributed by atoms with van der Waals surface area (Å²) in [6.45, 7) is 1.15. The molecule has 0 aliphatic carbocycles. The van der Waals surface area contributed by atoms with E-state index in [-0.39, 0.29) is 17.4 Å². The summed E-state index contributed by atoms with van der Waals surface area (Å²) in [6, 6.07) is 17.7. The predicted octanol–water partition coefficient (Wildman–Crippen LogP) is 5.76. The number of nitro groups is 1. The maximum atomic E-state index is 13.9. The van der Waals surface area contributed by atoms with Crippen LogP contribution >= 0.6 is 0 Å². The van der Waals surface area contributed by atoms with Gasteiger partial charge in [0.25, 0.3) is 11.8 Å². The summed E-state index contributed by atoms with van der Waals surface area (Å²) in [4.78, 5) is 37.6. The van der Waals surface area contributed by atoms with E-state index in [9.17, 15) is 24.1 Å². The molecule has 1 aliphatic heterocycles. The number of benzene rings is 3. The topological polar surface area (TPSA) is 115 Å². The number of halogens is 1. The molecule has 0 unspecified atom stereocenters. The van der Waals surface area contributed by atoms with Crippen molar-refractivity contribution in [1.29, 1.82) is 0 Å². The molecule has 194 valence electrons. The monoisotopic (exact) mass is 517 g/mol. The number of hydrogen-bond acceptors (Lipinski definition) is 6. The van der Waals surface area contributed by atoms with Gasteiger partial charge in [-0.3, -0.25) is 19.7 Å². The molecule has 0 radical (unpaired) electrons. The van der Waals surface area contributed by atoms with Crippen LogP contribution in [-0.4, -0.2) is 41.8 Å². The molecule has 0 atom stereocenters. The third-order valence-corrected chi connectivity index (χ3v) is 6.77. The molecule has 0 bridgehead atoms. The molecular formula is C28H24FN3O6. The van der Waals surface area contributed by atoms with Gasteiger partial charge in [-0.15, -0.1) is 0 Å². The van der Waals surface area contributed by atoms with Crippen LogP contribution in [0.15, 0.2) is 71.1 Å². The summed E-state index contributed by atoms with van der Waals surface area (Å²) in [5.74, 6) is -0.761. The molecule has 1 N–H and O–H groups in total. The first kappa shape index (κ1) is 24.9. The highest BCUT2D eigenvalue weighted by Gasteiger charge is 2.27.